The lowest BCUT2D eigenvalue weighted by atomic mass is 9.84. The Kier molecular flexibility index (Phi) is 4.18. The quantitative estimate of drug-likeness (QED) is 0.638. The second-order valence-electron chi connectivity index (χ2n) is 3.71. The van der Waals surface area contributed by atoms with E-state index in [1.165, 1.54) is 32.1 Å². The molecule has 0 aromatic heterocycles. The number of rotatable bonds is 3. The van der Waals surface area contributed by atoms with Gasteiger partial charge in [0.15, 0.2) is 0 Å². The fraction of sp³-hybridized carbons (Fsp3) is 0.818. The van der Waals surface area contributed by atoms with E-state index in [9.17, 15) is 5.11 Å². The van der Waals surface area contributed by atoms with Crippen LogP contribution in [0.5, 0.6) is 0 Å². The number of aliphatic hydroxyl groups excluding tert-OH is 1. The van der Waals surface area contributed by atoms with E-state index in [1.807, 2.05) is 0 Å². The van der Waals surface area contributed by atoms with Crippen LogP contribution in [-0.2, 0) is 0 Å². The molecule has 1 aliphatic carbocycles. The van der Waals surface area contributed by atoms with Crippen molar-refractivity contribution < 1.29 is 5.11 Å². The molecule has 1 aliphatic rings. The van der Waals surface area contributed by atoms with Crippen molar-refractivity contribution in [2.24, 2.45) is 5.92 Å². The van der Waals surface area contributed by atoms with E-state index in [2.05, 4.69) is 5.92 Å². The predicted octanol–water partition coefficient (Wildman–Crippen LogP) is 2.34. The first-order chi connectivity index (χ1) is 5.84. The van der Waals surface area contributed by atoms with Crippen LogP contribution in [0.4, 0.5) is 0 Å². The van der Waals surface area contributed by atoms with Gasteiger partial charge in [0.25, 0.3) is 0 Å². The van der Waals surface area contributed by atoms with E-state index in [1.54, 1.807) is 0 Å². The van der Waals surface area contributed by atoms with Gasteiger partial charge in [0.05, 0.1) is 6.10 Å². The average Bonchev–Trinajstić information content (AvgIpc) is 2.15. The molecule has 1 rings (SSSR count). The van der Waals surface area contributed by atoms with Crippen molar-refractivity contribution in [2.45, 2.75) is 51.0 Å². The minimum Gasteiger partial charge on any atom is -0.393 e. The highest BCUT2D eigenvalue weighted by Crippen LogP contribution is 2.27. The summed E-state index contributed by atoms with van der Waals surface area (Å²) in [4.78, 5) is 0. The SMILES string of the molecule is C#CCCC(O)C1CCCCC1. The molecule has 0 saturated heterocycles. The van der Waals surface area contributed by atoms with Crippen molar-refractivity contribution in [1.82, 2.24) is 0 Å². The van der Waals surface area contributed by atoms with Gasteiger partial charge in [-0.1, -0.05) is 19.3 Å². The molecule has 1 heteroatoms. The van der Waals surface area contributed by atoms with Gasteiger partial charge in [0, 0.05) is 6.42 Å². The molecule has 0 aliphatic heterocycles. The molecule has 0 aromatic carbocycles. The Balaban J connectivity index is 2.21. The number of terminal acetylenes is 1. The number of aliphatic hydroxyl groups is 1. The van der Waals surface area contributed by atoms with Gasteiger partial charge < -0.3 is 5.11 Å². The van der Waals surface area contributed by atoms with Crippen LogP contribution in [-0.4, -0.2) is 11.2 Å². The first-order valence-electron chi connectivity index (χ1n) is 4.96. The van der Waals surface area contributed by atoms with Crippen LogP contribution in [0.25, 0.3) is 0 Å². The zero-order chi connectivity index (χ0) is 8.81. The van der Waals surface area contributed by atoms with E-state index in [0.717, 1.165) is 12.8 Å². The Hall–Kier alpha value is -0.480. The van der Waals surface area contributed by atoms with Gasteiger partial charge in [-0.3, -0.25) is 0 Å². The third-order valence-electron chi connectivity index (χ3n) is 2.78. The van der Waals surface area contributed by atoms with Crippen LogP contribution >= 0.6 is 0 Å². The first-order valence-corrected chi connectivity index (χ1v) is 4.96. The standard InChI is InChI=1S/C11H18O/c1-2-3-9-11(12)10-7-5-4-6-8-10/h1,10-12H,3-9H2. The van der Waals surface area contributed by atoms with Gasteiger partial charge in [0.1, 0.15) is 0 Å². The normalized spacial score (nSPS) is 21.7. The molecule has 0 spiro atoms. The third kappa shape index (κ3) is 2.87. The maximum absolute atomic E-state index is 9.71. The van der Waals surface area contributed by atoms with Crippen LogP contribution in [0, 0.1) is 18.3 Å². The maximum Gasteiger partial charge on any atom is 0.0577 e. The molecule has 0 bridgehead atoms. The highest BCUT2D eigenvalue weighted by molar-refractivity contribution is 4.85. The van der Waals surface area contributed by atoms with Crippen molar-refractivity contribution in [3.05, 3.63) is 0 Å². The number of hydrogen-bond donors (Lipinski definition) is 1. The summed E-state index contributed by atoms with van der Waals surface area (Å²) < 4.78 is 0. The fourth-order valence-corrected chi connectivity index (χ4v) is 1.99. The largest absolute Gasteiger partial charge is 0.393 e. The second kappa shape index (κ2) is 5.22. The van der Waals surface area contributed by atoms with Gasteiger partial charge in [-0.2, -0.15) is 0 Å². The fourth-order valence-electron chi connectivity index (χ4n) is 1.99. The summed E-state index contributed by atoms with van der Waals surface area (Å²) in [5.74, 6) is 3.11. The summed E-state index contributed by atoms with van der Waals surface area (Å²) in [5.41, 5.74) is 0. The molecule has 1 nitrogen and oxygen atoms in total. The van der Waals surface area contributed by atoms with E-state index in [4.69, 9.17) is 6.42 Å². The van der Waals surface area contributed by atoms with Gasteiger partial charge in [0.2, 0.25) is 0 Å². The van der Waals surface area contributed by atoms with Crippen molar-refractivity contribution >= 4 is 0 Å². The topological polar surface area (TPSA) is 20.2 Å². The zero-order valence-electron chi connectivity index (χ0n) is 7.63. The highest BCUT2D eigenvalue weighted by Gasteiger charge is 2.20. The highest BCUT2D eigenvalue weighted by atomic mass is 16.3. The van der Waals surface area contributed by atoms with E-state index >= 15 is 0 Å². The predicted molar refractivity (Wildman–Crippen MR) is 50.6 cm³/mol. The lowest BCUT2D eigenvalue weighted by molar-refractivity contribution is 0.0786. The zero-order valence-corrected chi connectivity index (χ0v) is 7.63. The first kappa shape index (κ1) is 9.61. The maximum atomic E-state index is 9.71. The Morgan fingerprint density at radius 1 is 1.33 bits per heavy atom. The summed E-state index contributed by atoms with van der Waals surface area (Å²) in [5, 5.41) is 9.71. The Bertz CT molecular complexity index is 151. The van der Waals surface area contributed by atoms with Gasteiger partial charge in [-0.15, -0.1) is 12.3 Å². The average molecular weight is 166 g/mol. The summed E-state index contributed by atoms with van der Waals surface area (Å²) in [6, 6.07) is 0. The van der Waals surface area contributed by atoms with E-state index < -0.39 is 0 Å². The minimum absolute atomic E-state index is 0.138. The lowest BCUT2D eigenvalue weighted by Gasteiger charge is -2.25. The number of hydrogen-bond acceptors (Lipinski definition) is 1. The summed E-state index contributed by atoms with van der Waals surface area (Å²) in [7, 11) is 0. The Morgan fingerprint density at radius 2 is 2.00 bits per heavy atom. The molecule has 1 atom stereocenters. The second-order valence-corrected chi connectivity index (χ2v) is 3.71. The molecule has 0 heterocycles. The van der Waals surface area contributed by atoms with Crippen LogP contribution in [0.15, 0.2) is 0 Å². The van der Waals surface area contributed by atoms with Crippen LogP contribution in [0.2, 0.25) is 0 Å². The van der Waals surface area contributed by atoms with Crippen molar-refractivity contribution in [3.8, 4) is 12.3 Å². The van der Waals surface area contributed by atoms with Gasteiger partial charge in [-0.05, 0) is 25.2 Å². The molecule has 1 unspecified atom stereocenters. The third-order valence-corrected chi connectivity index (χ3v) is 2.78. The van der Waals surface area contributed by atoms with E-state index in [0.29, 0.717) is 5.92 Å². The molecular formula is C11H18O. The van der Waals surface area contributed by atoms with Crippen LogP contribution in [0.3, 0.4) is 0 Å². The monoisotopic (exact) mass is 166 g/mol. The van der Waals surface area contributed by atoms with Gasteiger partial charge in [-0.25, -0.2) is 0 Å². The van der Waals surface area contributed by atoms with Gasteiger partial charge >= 0.3 is 0 Å². The van der Waals surface area contributed by atoms with Crippen molar-refractivity contribution in [3.63, 3.8) is 0 Å². The summed E-state index contributed by atoms with van der Waals surface area (Å²) >= 11 is 0. The molecule has 0 aromatic rings. The molecule has 1 N–H and O–H groups in total. The van der Waals surface area contributed by atoms with Crippen LogP contribution < -0.4 is 0 Å². The smallest absolute Gasteiger partial charge is 0.0577 e. The molecule has 0 radical (unpaired) electrons. The molecular weight excluding hydrogens is 148 g/mol. The van der Waals surface area contributed by atoms with Crippen molar-refractivity contribution in [2.75, 3.05) is 0 Å². The lowest BCUT2D eigenvalue weighted by Crippen LogP contribution is -2.22. The summed E-state index contributed by atoms with van der Waals surface area (Å²) in [6.07, 6.45) is 12.8. The molecule has 0 amide bonds. The summed E-state index contributed by atoms with van der Waals surface area (Å²) in [6.45, 7) is 0. The molecule has 12 heavy (non-hydrogen) atoms. The molecule has 1 saturated carbocycles. The van der Waals surface area contributed by atoms with Crippen molar-refractivity contribution in [1.29, 1.82) is 0 Å². The van der Waals surface area contributed by atoms with Crippen LogP contribution in [0.1, 0.15) is 44.9 Å². The molecule has 1 fully saturated rings. The Labute approximate surface area is 75.2 Å². The Morgan fingerprint density at radius 3 is 2.58 bits per heavy atom. The van der Waals surface area contributed by atoms with E-state index in [-0.39, 0.29) is 6.10 Å². The molecule has 68 valence electrons. The minimum atomic E-state index is -0.138.